The predicted molar refractivity (Wildman–Crippen MR) is 65.5 cm³/mol. The molecule has 1 aromatic rings. The maximum absolute atomic E-state index is 12.3. The fourth-order valence-electron chi connectivity index (χ4n) is 2.31. The van der Waals surface area contributed by atoms with Crippen LogP contribution in [0.4, 0.5) is 13.2 Å². The van der Waals surface area contributed by atoms with Crippen molar-refractivity contribution in [3.8, 4) is 5.75 Å². The van der Waals surface area contributed by atoms with Gasteiger partial charge in [0.2, 0.25) is 0 Å². The van der Waals surface area contributed by atoms with E-state index in [2.05, 4.69) is 9.17 Å². The van der Waals surface area contributed by atoms with Crippen molar-refractivity contribution in [1.82, 2.24) is 4.98 Å². The molecule has 0 amide bonds. The van der Waals surface area contributed by atoms with Crippen molar-refractivity contribution in [2.45, 2.75) is 37.6 Å². The molecule has 0 unspecified atom stereocenters. The lowest BCUT2D eigenvalue weighted by molar-refractivity contribution is -0.0500. The Kier molecular flexibility index (Phi) is 4.22. The van der Waals surface area contributed by atoms with Gasteiger partial charge in [-0.2, -0.15) is 21.6 Å². The summed E-state index contributed by atoms with van der Waals surface area (Å²) in [6.07, 6.45) is 5.95. The third-order valence-corrected chi connectivity index (χ3v) is 4.25. The van der Waals surface area contributed by atoms with Gasteiger partial charge in [-0.3, -0.25) is 4.98 Å². The van der Waals surface area contributed by atoms with Crippen LogP contribution in [0.25, 0.3) is 0 Å². The smallest absolute Gasteiger partial charge is 0.374 e. The molecule has 1 aliphatic rings. The van der Waals surface area contributed by atoms with E-state index in [0.29, 0.717) is 12.3 Å². The number of alkyl halides is 3. The van der Waals surface area contributed by atoms with Crippen molar-refractivity contribution in [2.24, 2.45) is 5.92 Å². The van der Waals surface area contributed by atoms with Gasteiger partial charge in [-0.05, 0) is 24.5 Å². The molecule has 1 aromatic heterocycles. The second-order valence-corrected chi connectivity index (χ2v) is 6.32. The molecule has 1 heterocycles. The molecule has 1 saturated carbocycles. The molecule has 0 N–H and O–H groups in total. The van der Waals surface area contributed by atoms with Gasteiger partial charge < -0.3 is 4.18 Å². The maximum atomic E-state index is 12.3. The van der Waals surface area contributed by atoms with Crippen LogP contribution in [0.1, 0.15) is 31.4 Å². The number of hydrogen-bond donors (Lipinski definition) is 0. The largest absolute Gasteiger partial charge is 0.534 e. The molecule has 112 valence electrons. The van der Waals surface area contributed by atoms with Crippen LogP contribution in [-0.2, 0) is 16.5 Å². The first kappa shape index (κ1) is 15.1. The SMILES string of the molecule is O=S(=O)(Oc1cccnc1CC1CCCC1)C(F)(F)F. The molecule has 0 aromatic carbocycles. The second kappa shape index (κ2) is 5.59. The zero-order valence-electron chi connectivity index (χ0n) is 10.6. The summed E-state index contributed by atoms with van der Waals surface area (Å²) < 4.78 is 63.2. The number of halogens is 3. The van der Waals surface area contributed by atoms with Crippen LogP contribution in [-0.4, -0.2) is 18.9 Å². The van der Waals surface area contributed by atoms with Gasteiger partial charge in [0.25, 0.3) is 0 Å². The summed E-state index contributed by atoms with van der Waals surface area (Å²) in [7, 11) is -5.65. The molecule has 1 aliphatic carbocycles. The van der Waals surface area contributed by atoms with Gasteiger partial charge in [-0.25, -0.2) is 0 Å². The zero-order valence-corrected chi connectivity index (χ0v) is 11.4. The minimum atomic E-state index is -5.65. The highest BCUT2D eigenvalue weighted by Gasteiger charge is 2.48. The van der Waals surface area contributed by atoms with E-state index in [-0.39, 0.29) is 11.4 Å². The average molecular weight is 309 g/mol. The van der Waals surface area contributed by atoms with Gasteiger partial charge in [-0.15, -0.1) is 0 Å². The zero-order chi connectivity index (χ0) is 14.8. The molecule has 0 spiro atoms. The number of pyridine rings is 1. The fourth-order valence-corrected chi connectivity index (χ4v) is 2.79. The predicted octanol–water partition coefficient (Wildman–Crippen LogP) is 3.04. The van der Waals surface area contributed by atoms with Crippen LogP contribution in [0.5, 0.6) is 5.75 Å². The lowest BCUT2D eigenvalue weighted by atomic mass is 10.0. The minimum Gasteiger partial charge on any atom is -0.374 e. The monoisotopic (exact) mass is 309 g/mol. The Morgan fingerprint density at radius 3 is 2.55 bits per heavy atom. The van der Waals surface area contributed by atoms with E-state index in [0.717, 1.165) is 25.7 Å². The van der Waals surface area contributed by atoms with Crippen LogP contribution in [0.2, 0.25) is 0 Å². The topological polar surface area (TPSA) is 56.3 Å². The third-order valence-electron chi connectivity index (χ3n) is 3.29. The van der Waals surface area contributed by atoms with Gasteiger partial charge in [0, 0.05) is 6.20 Å². The molecule has 0 bridgehead atoms. The van der Waals surface area contributed by atoms with Crippen molar-refractivity contribution >= 4 is 10.1 Å². The lowest BCUT2D eigenvalue weighted by Gasteiger charge is -2.14. The van der Waals surface area contributed by atoms with Gasteiger partial charge in [0.1, 0.15) is 0 Å². The third kappa shape index (κ3) is 3.41. The van der Waals surface area contributed by atoms with Crippen LogP contribution < -0.4 is 4.18 Å². The average Bonchev–Trinajstić information content (AvgIpc) is 2.82. The molecule has 0 aliphatic heterocycles. The number of aromatic nitrogens is 1. The van der Waals surface area contributed by atoms with E-state index < -0.39 is 15.6 Å². The Labute approximate surface area is 115 Å². The van der Waals surface area contributed by atoms with Crippen LogP contribution >= 0.6 is 0 Å². The standard InChI is InChI=1S/C12H14F3NO3S/c13-12(14,15)20(17,18)19-11-6-3-7-16-10(11)8-9-4-1-2-5-9/h3,6-7,9H,1-2,4-5,8H2. The molecule has 0 radical (unpaired) electrons. The molecule has 8 heteroatoms. The van der Waals surface area contributed by atoms with Gasteiger partial charge in [-0.1, -0.05) is 25.7 Å². The maximum Gasteiger partial charge on any atom is 0.534 e. The highest BCUT2D eigenvalue weighted by atomic mass is 32.2. The lowest BCUT2D eigenvalue weighted by Crippen LogP contribution is -2.28. The molecule has 1 fully saturated rings. The molecule has 0 atom stereocenters. The van der Waals surface area contributed by atoms with Crippen LogP contribution in [0, 0.1) is 5.92 Å². The van der Waals surface area contributed by atoms with Crippen molar-refractivity contribution in [2.75, 3.05) is 0 Å². The molecule has 0 saturated heterocycles. The normalized spacial score (nSPS) is 17.4. The van der Waals surface area contributed by atoms with Crippen molar-refractivity contribution in [1.29, 1.82) is 0 Å². The summed E-state index contributed by atoms with van der Waals surface area (Å²) in [5.74, 6) is -0.0161. The van der Waals surface area contributed by atoms with E-state index in [4.69, 9.17) is 0 Å². The van der Waals surface area contributed by atoms with E-state index in [1.807, 2.05) is 0 Å². The highest BCUT2D eigenvalue weighted by Crippen LogP contribution is 2.32. The number of nitrogens with zero attached hydrogens (tertiary/aromatic N) is 1. The molecule has 2 rings (SSSR count). The summed E-state index contributed by atoms with van der Waals surface area (Å²) in [6, 6.07) is 2.54. The Morgan fingerprint density at radius 1 is 1.30 bits per heavy atom. The summed E-state index contributed by atoms with van der Waals surface area (Å²) in [5.41, 5.74) is -5.18. The summed E-state index contributed by atoms with van der Waals surface area (Å²) >= 11 is 0. The molecular weight excluding hydrogens is 295 g/mol. The van der Waals surface area contributed by atoms with Crippen LogP contribution in [0.3, 0.4) is 0 Å². The fraction of sp³-hybridized carbons (Fsp3) is 0.583. The van der Waals surface area contributed by atoms with E-state index in [9.17, 15) is 21.6 Å². The highest BCUT2D eigenvalue weighted by molar-refractivity contribution is 7.88. The molecular formula is C12H14F3NO3S. The first-order valence-corrected chi connectivity index (χ1v) is 7.65. The minimum absolute atomic E-state index is 0.257. The van der Waals surface area contributed by atoms with Gasteiger partial charge >= 0.3 is 15.6 Å². The van der Waals surface area contributed by atoms with Crippen molar-refractivity contribution < 1.29 is 25.8 Å². The van der Waals surface area contributed by atoms with Crippen molar-refractivity contribution in [3.63, 3.8) is 0 Å². The summed E-state index contributed by atoms with van der Waals surface area (Å²) in [4.78, 5) is 3.95. The first-order chi connectivity index (χ1) is 9.29. The van der Waals surface area contributed by atoms with Gasteiger partial charge in [0.15, 0.2) is 5.75 Å². The molecule has 4 nitrogen and oxygen atoms in total. The van der Waals surface area contributed by atoms with E-state index in [1.54, 1.807) is 0 Å². The first-order valence-electron chi connectivity index (χ1n) is 6.24. The Bertz CT molecular complexity index is 566. The second-order valence-electron chi connectivity index (χ2n) is 4.79. The Morgan fingerprint density at radius 2 is 1.95 bits per heavy atom. The Balaban J connectivity index is 2.20. The quantitative estimate of drug-likeness (QED) is 0.633. The molecule has 20 heavy (non-hydrogen) atoms. The van der Waals surface area contributed by atoms with Gasteiger partial charge in [0.05, 0.1) is 5.69 Å². The van der Waals surface area contributed by atoms with Crippen molar-refractivity contribution in [3.05, 3.63) is 24.0 Å². The van der Waals surface area contributed by atoms with E-state index >= 15 is 0 Å². The number of hydrogen-bond acceptors (Lipinski definition) is 4. The Hall–Kier alpha value is -1.31. The summed E-state index contributed by atoms with van der Waals surface area (Å²) in [5, 5.41) is 0. The number of rotatable bonds is 4. The summed E-state index contributed by atoms with van der Waals surface area (Å²) in [6.45, 7) is 0. The van der Waals surface area contributed by atoms with E-state index in [1.165, 1.54) is 18.3 Å². The van der Waals surface area contributed by atoms with Crippen LogP contribution in [0.15, 0.2) is 18.3 Å².